The number of methoxy groups -OCH3 is 1. The molecule has 3 nitrogen and oxygen atoms in total. The van der Waals surface area contributed by atoms with Gasteiger partial charge in [0, 0.05) is 0 Å². The molecule has 0 aromatic carbocycles. The van der Waals surface area contributed by atoms with Gasteiger partial charge in [-0.3, -0.25) is 0 Å². The van der Waals surface area contributed by atoms with Crippen LogP contribution in [0.5, 0.6) is 0 Å². The van der Waals surface area contributed by atoms with Crippen LogP contribution in [0.25, 0.3) is 0 Å². The zero-order valence-electron chi connectivity index (χ0n) is 7.44. The second kappa shape index (κ2) is 5.83. The molecule has 0 saturated carbocycles. The quantitative estimate of drug-likeness (QED) is 0.795. The van der Waals surface area contributed by atoms with Crippen LogP contribution in [-0.4, -0.2) is 19.1 Å². The number of carbonyl (C=O) groups is 1. The van der Waals surface area contributed by atoms with Crippen molar-refractivity contribution in [3.63, 3.8) is 0 Å². The third-order valence-electron chi connectivity index (χ3n) is 1.43. The van der Waals surface area contributed by atoms with Gasteiger partial charge in [-0.25, -0.2) is 4.79 Å². The Kier molecular flexibility index (Phi) is 5.50. The van der Waals surface area contributed by atoms with Crippen LogP contribution in [0.2, 0.25) is 0 Å². The van der Waals surface area contributed by atoms with Gasteiger partial charge in [-0.05, 0) is 24.4 Å². The molecule has 1 aromatic heterocycles. The van der Waals surface area contributed by atoms with Crippen LogP contribution >= 0.6 is 23.7 Å². The molecule has 1 atom stereocenters. The fraction of sp³-hybridized carbons (Fsp3) is 0.375. The average Bonchev–Trinajstić information content (AvgIpc) is 2.55. The van der Waals surface area contributed by atoms with Crippen molar-refractivity contribution in [1.29, 1.82) is 0 Å². The molecule has 0 amide bonds. The third-order valence-corrected chi connectivity index (χ3v) is 2.24. The number of thiophene rings is 1. The topological polar surface area (TPSA) is 38.3 Å². The maximum atomic E-state index is 11.0. The number of carbonyl (C=O) groups excluding carboxylic acids is 1. The number of hydrogen-bond donors (Lipinski definition) is 1. The first-order valence-electron chi connectivity index (χ1n) is 3.62. The molecule has 0 aliphatic carbocycles. The monoisotopic (exact) mass is 221 g/mol. The third kappa shape index (κ3) is 3.65. The van der Waals surface area contributed by atoms with Crippen LogP contribution < -0.4 is 5.32 Å². The highest BCUT2D eigenvalue weighted by molar-refractivity contribution is 7.14. The van der Waals surface area contributed by atoms with Crippen molar-refractivity contribution in [1.82, 2.24) is 0 Å². The first-order chi connectivity index (χ1) is 5.74. The average molecular weight is 222 g/mol. The van der Waals surface area contributed by atoms with Crippen molar-refractivity contribution < 1.29 is 9.53 Å². The summed E-state index contributed by atoms with van der Waals surface area (Å²) in [6, 6.07) is 3.56. The second-order valence-corrected chi connectivity index (χ2v) is 3.31. The smallest absolute Gasteiger partial charge is 0.328 e. The normalized spacial score (nSPS) is 11.2. The number of esters is 1. The SMILES string of the molecule is COC(=O)[C@H](C)Nc1cccs1.Cl. The number of rotatable bonds is 3. The predicted molar refractivity (Wildman–Crippen MR) is 56.7 cm³/mol. The van der Waals surface area contributed by atoms with Gasteiger partial charge in [0.25, 0.3) is 0 Å². The minimum Gasteiger partial charge on any atom is -0.467 e. The summed E-state index contributed by atoms with van der Waals surface area (Å²) < 4.78 is 4.56. The van der Waals surface area contributed by atoms with Crippen molar-refractivity contribution in [2.45, 2.75) is 13.0 Å². The standard InChI is InChI=1S/C8H11NO2S.ClH/c1-6(8(10)11-2)9-7-4-3-5-12-7;/h3-6,9H,1-2H3;1H/t6-;/m0./s1. The van der Waals surface area contributed by atoms with E-state index in [2.05, 4.69) is 10.1 Å². The Labute approximate surface area is 87.5 Å². The van der Waals surface area contributed by atoms with Crippen LogP contribution in [-0.2, 0) is 9.53 Å². The van der Waals surface area contributed by atoms with E-state index in [0.717, 1.165) is 5.00 Å². The molecular weight excluding hydrogens is 210 g/mol. The minimum atomic E-state index is -0.284. The van der Waals surface area contributed by atoms with Gasteiger partial charge in [0.15, 0.2) is 0 Å². The number of hydrogen-bond acceptors (Lipinski definition) is 4. The molecule has 0 fully saturated rings. The summed E-state index contributed by atoms with van der Waals surface area (Å²) in [5.41, 5.74) is 0. The highest BCUT2D eigenvalue weighted by Crippen LogP contribution is 2.16. The van der Waals surface area contributed by atoms with Gasteiger partial charge in [-0.2, -0.15) is 0 Å². The molecule has 0 aliphatic heterocycles. The first kappa shape index (κ1) is 12.3. The maximum Gasteiger partial charge on any atom is 0.328 e. The Bertz CT molecular complexity index is 251. The summed E-state index contributed by atoms with van der Waals surface area (Å²) in [5, 5.41) is 5.95. The van der Waals surface area contributed by atoms with Crippen LogP contribution in [0.15, 0.2) is 17.5 Å². The lowest BCUT2D eigenvalue weighted by molar-refractivity contribution is -0.141. The van der Waals surface area contributed by atoms with Crippen LogP contribution in [0.4, 0.5) is 5.00 Å². The number of halogens is 1. The summed E-state index contributed by atoms with van der Waals surface area (Å²) >= 11 is 1.56. The maximum absolute atomic E-state index is 11.0. The molecule has 74 valence electrons. The molecule has 0 unspecified atom stereocenters. The summed E-state index contributed by atoms with van der Waals surface area (Å²) in [7, 11) is 1.38. The van der Waals surface area contributed by atoms with E-state index in [-0.39, 0.29) is 24.4 Å². The fourth-order valence-corrected chi connectivity index (χ4v) is 1.52. The Balaban J connectivity index is 0.00000144. The molecule has 5 heteroatoms. The van der Waals surface area contributed by atoms with E-state index in [1.165, 1.54) is 7.11 Å². The molecule has 1 rings (SSSR count). The molecule has 0 radical (unpaired) electrons. The Morgan fingerprint density at radius 2 is 2.38 bits per heavy atom. The van der Waals surface area contributed by atoms with Crippen molar-refractivity contribution in [3.8, 4) is 0 Å². The molecule has 13 heavy (non-hydrogen) atoms. The van der Waals surface area contributed by atoms with E-state index in [9.17, 15) is 4.79 Å². The Morgan fingerprint density at radius 3 is 2.85 bits per heavy atom. The van der Waals surface area contributed by atoms with E-state index in [0.29, 0.717) is 0 Å². The summed E-state index contributed by atoms with van der Waals surface area (Å²) in [6.07, 6.45) is 0. The highest BCUT2D eigenvalue weighted by atomic mass is 35.5. The summed E-state index contributed by atoms with van der Waals surface area (Å²) in [4.78, 5) is 11.0. The second-order valence-electron chi connectivity index (χ2n) is 2.37. The minimum absolute atomic E-state index is 0. The van der Waals surface area contributed by atoms with Crippen molar-refractivity contribution in [3.05, 3.63) is 17.5 Å². The van der Waals surface area contributed by atoms with Crippen molar-refractivity contribution >= 4 is 34.7 Å². The van der Waals surface area contributed by atoms with Gasteiger partial charge >= 0.3 is 5.97 Å². The van der Waals surface area contributed by atoms with Gasteiger partial charge < -0.3 is 10.1 Å². The van der Waals surface area contributed by atoms with Crippen molar-refractivity contribution in [2.75, 3.05) is 12.4 Å². The molecule has 0 saturated heterocycles. The molecular formula is C8H12ClNO2S. The summed E-state index contributed by atoms with van der Waals surface area (Å²) in [6.45, 7) is 1.77. The predicted octanol–water partition coefficient (Wildman–Crippen LogP) is 2.14. The van der Waals surface area contributed by atoms with Gasteiger partial charge in [0.2, 0.25) is 0 Å². The van der Waals surface area contributed by atoms with Crippen LogP contribution in [0, 0.1) is 0 Å². The zero-order valence-corrected chi connectivity index (χ0v) is 9.08. The lowest BCUT2D eigenvalue weighted by atomic mass is 10.3. The largest absolute Gasteiger partial charge is 0.467 e. The van der Waals surface area contributed by atoms with E-state index in [1.807, 2.05) is 17.5 Å². The molecule has 0 spiro atoms. The molecule has 1 aromatic rings. The zero-order chi connectivity index (χ0) is 8.97. The van der Waals surface area contributed by atoms with E-state index in [1.54, 1.807) is 18.3 Å². The number of ether oxygens (including phenoxy) is 1. The van der Waals surface area contributed by atoms with Crippen LogP contribution in [0.3, 0.4) is 0 Å². The van der Waals surface area contributed by atoms with Gasteiger partial charge in [-0.15, -0.1) is 23.7 Å². The Hall–Kier alpha value is -0.740. The summed E-state index contributed by atoms with van der Waals surface area (Å²) in [5.74, 6) is -0.247. The fourth-order valence-electron chi connectivity index (χ4n) is 0.810. The molecule has 0 aliphatic rings. The lowest BCUT2D eigenvalue weighted by Gasteiger charge is -2.10. The van der Waals surface area contributed by atoms with E-state index in [4.69, 9.17) is 0 Å². The number of anilines is 1. The highest BCUT2D eigenvalue weighted by Gasteiger charge is 2.11. The van der Waals surface area contributed by atoms with Gasteiger partial charge in [0.05, 0.1) is 12.1 Å². The van der Waals surface area contributed by atoms with Crippen molar-refractivity contribution in [2.24, 2.45) is 0 Å². The molecule has 1 heterocycles. The first-order valence-corrected chi connectivity index (χ1v) is 4.50. The van der Waals surface area contributed by atoms with Gasteiger partial charge in [-0.1, -0.05) is 0 Å². The van der Waals surface area contributed by atoms with Gasteiger partial charge in [0.1, 0.15) is 6.04 Å². The van der Waals surface area contributed by atoms with E-state index >= 15 is 0 Å². The lowest BCUT2D eigenvalue weighted by Crippen LogP contribution is -2.26. The molecule has 1 N–H and O–H groups in total. The van der Waals surface area contributed by atoms with E-state index < -0.39 is 0 Å². The number of nitrogens with one attached hydrogen (secondary N) is 1. The van der Waals surface area contributed by atoms with Crippen LogP contribution in [0.1, 0.15) is 6.92 Å². The Morgan fingerprint density at radius 1 is 1.69 bits per heavy atom. The molecule has 0 bridgehead atoms.